The van der Waals surface area contributed by atoms with Gasteiger partial charge >= 0.3 is 0 Å². The molecule has 0 radical (unpaired) electrons. The van der Waals surface area contributed by atoms with Gasteiger partial charge in [0.2, 0.25) is 0 Å². The molecule has 0 bridgehead atoms. The van der Waals surface area contributed by atoms with Crippen molar-refractivity contribution in [3.8, 4) is 16.8 Å². The molecule has 0 saturated heterocycles. The monoisotopic (exact) mass is 356 g/mol. The van der Waals surface area contributed by atoms with Crippen LogP contribution in [0.15, 0.2) is 73.1 Å². The van der Waals surface area contributed by atoms with Crippen LogP contribution in [0.1, 0.15) is 18.1 Å². The molecule has 4 aromatic rings. The number of benzene rings is 3. The normalized spacial score (nSPS) is 10.9. The third-order valence-electron chi connectivity index (χ3n) is 4.78. The van der Waals surface area contributed by atoms with E-state index >= 15 is 0 Å². The third kappa shape index (κ3) is 3.09. The van der Waals surface area contributed by atoms with Crippen molar-refractivity contribution in [3.05, 3.63) is 84.2 Å². The minimum absolute atomic E-state index is 0.0513. The van der Waals surface area contributed by atoms with Crippen LogP contribution in [0.2, 0.25) is 0 Å². The zero-order valence-electron chi connectivity index (χ0n) is 15.0. The average molecular weight is 356 g/mol. The summed E-state index contributed by atoms with van der Waals surface area (Å²) in [7, 11) is 0. The van der Waals surface area contributed by atoms with Gasteiger partial charge in [-0.2, -0.15) is 0 Å². The van der Waals surface area contributed by atoms with Gasteiger partial charge < -0.3 is 0 Å². The summed E-state index contributed by atoms with van der Waals surface area (Å²) in [5.41, 5.74) is 8.95. The maximum absolute atomic E-state index is 8.92. The Morgan fingerprint density at radius 2 is 1.93 bits per heavy atom. The molecule has 0 unspecified atom stereocenters. The third-order valence-corrected chi connectivity index (χ3v) is 4.78. The maximum Gasteiger partial charge on any atom is 0.149 e. The highest BCUT2D eigenvalue weighted by Gasteiger charge is 2.09. The van der Waals surface area contributed by atoms with Crippen LogP contribution < -0.4 is 5.48 Å². The molecular weight excluding hydrogens is 336 g/mol. The van der Waals surface area contributed by atoms with Gasteiger partial charge in [0.1, 0.15) is 12.2 Å². The van der Waals surface area contributed by atoms with E-state index in [2.05, 4.69) is 60.4 Å². The van der Waals surface area contributed by atoms with Gasteiger partial charge in [-0.15, -0.1) is 0 Å². The summed E-state index contributed by atoms with van der Waals surface area (Å²) in [6, 6.07) is 22.4. The van der Waals surface area contributed by atoms with Gasteiger partial charge in [-0.3, -0.25) is 20.7 Å². The number of nitrogens with one attached hydrogen (secondary N) is 2. The first-order valence-corrected chi connectivity index (χ1v) is 8.86. The molecule has 5 nitrogen and oxygen atoms in total. The van der Waals surface area contributed by atoms with Crippen molar-refractivity contribution < 1.29 is 5.21 Å². The van der Waals surface area contributed by atoms with Crippen molar-refractivity contribution in [3.63, 3.8) is 0 Å². The number of rotatable bonds is 4. The summed E-state index contributed by atoms with van der Waals surface area (Å²) in [5.74, 6) is -0.0513. The Kier molecular flexibility index (Phi) is 4.44. The van der Waals surface area contributed by atoms with Crippen molar-refractivity contribution in [1.82, 2.24) is 15.0 Å². The van der Waals surface area contributed by atoms with E-state index < -0.39 is 0 Å². The Morgan fingerprint density at radius 3 is 2.74 bits per heavy atom. The van der Waals surface area contributed by atoms with E-state index in [1.165, 1.54) is 16.7 Å². The van der Waals surface area contributed by atoms with Crippen LogP contribution in [0.3, 0.4) is 0 Å². The van der Waals surface area contributed by atoms with E-state index in [9.17, 15) is 0 Å². The largest absolute Gasteiger partial charge is 0.299 e. The number of amidine groups is 1. The minimum atomic E-state index is -0.0513. The molecule has 1 aromatic heterocycles. The van der Waals surface area contributed by atoms with Gasteiger partial charge in [0.05, 0.1) is 11.0 Å². The van der Waals surface area contributed by atoms with Crippen LogP contribution in [0.5, 0.6) is 0 Å². The van der Waals surface area contributed by atoms with E-state index in [-0.39, 0.29) is 5.84 Å². The molecule has 27 heavy (non-hydrogen) atoms. The van der Waals surface area contributed by atoms with Crippen molar-refractivity contribution in [2.45, 2.75) is 13.3 Å². The van der Waals surface area contributed by atoms with Gasteiger partial charge in [0.15, 0.2) is 0 Å². The molecule has 3 N–H and O–H groups in total. The predicted octanol–water partition coefficient (Wildman–Crippen LogP) is 4.56. The second kappa shape index (κ2) is 7.05. The molecular formula is C22H20N4O. The molecule has 1 heterocycles. The summed E-state index contributed by atoms with van der Waals surface area (Å²) < 4.78 is 2.03. The van der Waals surface area contributed by atoms with E-state index in [4.69, 9.17) is 10.6 Å². The van der Waals surface area contributed by atoms with Gasteiger partial charge in [0, 0.05) is 11.3 Å². The number of hydrogen-bond acceptors (Lipinski definition) is 3. The van der Waals surface area contributed by atoms with Crippen LogP contribution in [0.4, 0.5) is 0 Å². The van der Waals surface area contributed by atoms with Crippen LogP contribution >= 0.6 is 0 Å². The second-order valence-corrected chi connectivity index (χ2v) is 6.37. The second-order valence-electron chi connectivity index (χ2n) is 6.37. The molecule has 0 saturated carbocycles. The molecule has 4 rings (SSSR count). The molecule has 0 fully saturated rings. The van der Waals surface area contributed by atoms with Crippen LogP contribution in [0, 0.1) is 5.41 Å². The lowest BCUT2D eigenvalue weighted by atomic mass is 9.98. The average Bonchev–Trinajstić information content (AvgIpc) is 3.16. The number of imidazole rings is 1. The van der Waals surface area contributed by atoms with Crippen molar-refractivity contribution in [2.24, 2.45) is 0 Å². The quantitative estimate of drug-likeness (QED) is 0.285. The smallest absolute Gasteiger partial charge is 0.149 e. The molecule has 0 amide bonds. The molecule has 5 heteroatoms. The number of hydroxylamine groups is 1. The lowest BCUT2D eigenvalue weighted by Crippen LogP contribution is -2.18. The Bertz CT molecular complexity index is 1130. The lowest BCUT2D eigenvalue weighted by Gasteiger charge is -2.11. The van der Waals surface area contributed by atoms with E-state index in [0.29, 0.717) is 5.56 Å². The Balaban J connectivity index is 1.79. The first-order valence-electron chi connectivity index (χ1n) is 8.86. The molecule has 0 aliphatic heterocycles. The first-order chi connectivity index (χ1) is 13.2. The van der Waals surface area contributed by atoms with Gasteiger partial charge in [0.25, 0.3) is 0 Å². The van der Waals surface area contributed by atoms with E-state index in [1.54, 1.807) is 18.5 Å². The summed E-state index contributed by atoms with van der Waals surface area (Å²) >= 11 is 0. The van der Waals surface area contributed by atoms with Crippen molar-refractivity contribution in [1.29, 1.82) is 5.41 Å². The first kappa shape index (κ1) is 17.0. The lowest BCUT2D eigenvalue weighted by molar-refractivity contribution is 0.234. The molecule has 134 valence electrons. The number of aryl methyl sites for hydroxylation is 1. The highest BCUT2D eigenvalue weighted by Crippen LogP contribution is 2.27. The predicted molar refractivity (Wildman–Crippen MR) is 108 cm³/mol. The molecule has 0 spiro atoms. The van der Waals surface area contributed by atoms with Gasteiger partial charge in [-0.25, -0.2) is 4.98 Å². The van der Waals surface area contributed by atoms with Gasteiger partial charge in [-0.1, -0.05) is 43.3 Å². The molecule has 0 aliphatic rings. The Hall–Kier alpha value is -3.44. The number of hydrogen-bond donors (Lipinski definition) is 3. The topological polar surface area (TPSA) is 73.9 Å². The van der Waals surface area contributed by atoms with Crippen molar-refractivity contribution >= 4 is 16.9 Å². The highest BCUT2D eigenvalue weighted by molar-refractivity contribution is 5.98. The van der Waals surface area contributed by atoms with Crippen LogP contribution in [0.25, 0.3) is 27.8 Å². The maximum atomic E-state index is 8.92. The SMILES string of the molecule is CCc1ccccc1-c1cccc(-n2cnc3cc(C(=N)NO)ccc32)c1. The fourth-order valence-electron chi connectivity index (χ4n) is 3.37. The fourth-order valence-corrected chi connectivity index (χ4v) is 3.37. The molecule has 3 aromatic carbocycles. The minimum Gasteiger partial charge on any atom is -0.299 e. The fraction of sp³-hybridized carbons (Fsp3) is 0.0909. The van der Waals surface area contributed by atoms with Crippen LogP contribution in [-0.4, -0.2) is 20.6 Å². The zero-order valence-corrected chi connectivity index (χ0v) is 15.0. The summed E-state index contributed by atoms with van der Waals surface area (Å²) in [4.78, 5) is 4.47. The summed E-state index contributed by atoms with van der Waals surface area (Å²) in [5, 5.41) is 16.6. The van der Waals surface area contributed by atoms with E-state index in [1.807, 2.05) is 16.1 Å². The number of fused-ring (bicyclic) bond motifs is 1. The Labute approximate surface area is 157 Å². The zero-order chi connectivity index (χ0) is 18.8. The van der Waals surface area contributed by atoms with Gasteiger partial charge in [-0.05, 0) is 53.4 Å². The van der Waals surface area contributed by atoms with E-state index in [0.717, 1.165) is 23.1 Å². The number of aromatic nitrogens is 2. The standard InChI is InChI=1S/C22H20N4O/c1-2-15-6-3-4-9-19(15)16-7-5-8-18(12-16)26-14-24-20-13-17(22(23)25-27)10-11-21(20)26/h3-14,27H,2H2,1H3,(H2,23,25). The summed E-state index contributed by atoms with van der Waals surface area (Å²) in [6.07, 6.45) is 2.78. The molecule has 0 aliphatic carbocycles. The highest BCUT2D eigenvalue weighted by atomic mass is 16.5. The molecule has 0 atom stereocenters. The summed E-state index contributed by atoms with van der Waals surface area (Å²) in [6.45, 7) is 2.17. The number of nitrogens with zero attached hydrogens (tertiary/aromatic N) is 2. The Morgan fingerprint density at radius 1 is 1.07 bits per heavy atom. The van der Waals surface area contributed by atoms with Crippen molar-refractivity contribution in [2.75, 3.05) is 0 Å². The van der Waals surface area contributed by atoms with Crippen LogP contribution in [-0.2, 0) is 6.42 Å².